The largest absolute Gasteiger partial charge is 0.356 e. The smallest absolute Gasteiger partial charge is 0.223 e. The Bertz CT molecular complexity index is 391. The molecule has 3 heteroatoms. The van der Waals surface area contributed by atoms with Crippen LogP contribution in [0.3, 0.4) is 0 Å². The third kappa shape index (κ3) is 2.99. The van der Waals surface area contributed by atoms with E-state index in [0.29, 0.717) is 12.5 Å². The molecule has 0 heterocycles. The number of carbonyl (C=O) groups is 1. The molecule has 2 nitrogen and oxygen atoms in total. The molecule has 2 rings (SSSR count). The third-order valence-electron chi connectivity index (χ3n) is 3.05. The van der Waals surface area contributed by atoms with Gasteiger partial charge in [0.1, 0.15) is 0 Å². The highest BCUT2D eigenvalue weighted by Gasteiger charge is 2.38. The molecule has 0 radical (unpaired) electrons. The molecule has 0 saturated heterocycles. The van der Waals surface area contributed by atoms with E-state index in [9.17, 15) is 4.79 Å². The van der Waals surface area contributed by atoms with Gasteiger partial charge < -0.3 is 5.32 Å². The Hall–Kier alpha value is -1.02. The van der Waals surface area contributed by atoms with Crippen molar-refractivity contribution in [1.82, 2.24) is 5.32 Å². The predicted molar refractivity (Wildman–Crippen MR) is 65.4 cm³/mol. The van der Waals surface area contributed by atoms with Crippen LogP contribution in [0.25, 0.3) is 0 Å². The van der Waals surface area contributed by atoms with Crippen molar-refractivity contribution in [3.63, 3.8) is 0 Å². The van der Waals surface area contributed by atoms with Gasteiger partial charge in [0.2, 0.25) is 5.91 Å². The van der Waals surface area contributed by atoms with Gasteiger partial charge in [0.15, 0.2) is 0 Å². The second-order valence-corrected chi connectivity index (χ2v) is 4.93. The number of hydrogen-bond acceptors (Lipinski definition) is 1. The molecule has 1 fully saturated rings. The molecule has 1 aromatic rings. The zero-order valence-electron chi connectivity index (χ0n) is 9.37. The highest BCUT2D eigenvalue weighted by Crippen LogP contribution is 2.37. The van der Waals surface area contributed by atoms with Crippen LogP contribution in [-0.2, 0) is 11.2 Å². The van der Waals surface area contributed by atoms with E-state index in [2.05, 4.69) is 12.2 Å². The summed E-state index contributed by atoms with van der Waals surface area (Å²) < 4.78 is 0. The van der Waals surface area contributed by atoms with Crippen molar-refractivity contribution < 1.29 is 4.79 Å². The zero-order valence-corrected chi connectivity index (χ0v) is 10.1. The molecule has 86 valence electrons. The van der Waals surface area contributed by atoms with E-state index in [-0.39, 0.29) is 11.8 Å². The van der Waals surface area contributed by atoms with Crippen molar-refractivity contribution >= 4 is 17.5 Å². The van der Waals surface area contributed by atoms with E-state index in [1.54, 1.807) is 0 Å². The van der Waals surface area contributed by atoms with Crippen LogP contribution in [0.15, 0.2) is 24.3 Å². The zero-order chi connectivity index (χ0) is 11.5. The molecule has 1 aromatic carbocycles. The van der Waals surface area contributed by atoms with Crippen molar-refractivity contribution in [3.8, 4) is 0 Å². The third-order valence-corrected chi connectivity index (χ3v) is 3.28. The Morgan fingerprint density at radius 3 is 2.94 bits per heavy atom. The van der Waals surface area contributed by atoms with Gasteiger partial charge in [-0.15, -0.1) is 0 Å². The predicted octanol–water partition coefficient (Wildman–Crippen LogP) is 2.65. The maximum atomic E-state index is 11.5. The van der Waals surface area contributed by atoms with Crippen LogP contribution >= 0.6 is 11.6 Å². The van der Waals surface area contributed by atoms with Crippen LogP contribution in [0.5, 0.6) is 0 Å². The highest BCUT2D eigenvalue weighted by molar-refractivity contribution is 6.30. The average molecular weight is 238 g/mol. The summed E-state index contributed by atoms with van der Waals surface area (Å²) >= 11 is 5.88. The lowest BCUT2D eigenvalue weighted by molar-refractivity contribution is -0.122. The second-order valence-electron chi connectivity index (χ2n) is 4.49. The summed E-state index contributed by atoms with van der Waals surface area (Å²) in [6, 6.07) is 7.75. The monoisotopic (exact) mass is 237 g/mol. The minimum absolute atomic E-state index is 0.203. The average Bonchev–Trinajstić information content (AvgIpc) is 2.96. The molecular weight excluding hydrogens is 222 g/mol. The summed E-state index contributed by atoms with van der Waals surface area (Å²) in [5.74, 6) is 1.04. The van der Waals surface area contributed by atoms with Crippen LogP contribution in [0, 0.1) is 11.8 Å². The normalized spacial score (nSPS) is 22.9. The van der Waals surface area contributed by atoms with Crippen LogP contribution in [-0.4, -0.2) is 12.5 Å². The lowest BCUT2D eigenvalue weighted by atomic mass is 10.1. The minimum atomic E-state index is 0.203. The van der Waals surface area contributed by atoms with Gasteiger partial charge in [-0.1, -0.05) is 30.7 Å². The van der Waals surface area contributed by atoms with E-state index in [1.165, 1.54) is 0 Å². The van der Waals surface area contributed by atoms with Gasteiger partial charge in [-0.25, -0.2) is 0 Å². The first-order chi connectivity index (χ1) is 7.66. The van der Waals surface area contributed by atoms with Crippen molar-refractivity contribution in [3.05, 3.63) is 34.9 Å². The molecular formula is C13H16ClNO. The topological polar surface area (TPSA) is 29.1 Å². The van der Waals surface area contributed by atoms with Crippen LogP contribution in [0.2, 0.25) is 5.02 Å². The first kappa shape index (κ1) is 11.5. The summed E-state index contributed by atoms with van der Waals surface area (Å²) in [4.78, 5) is 11.5. The second kappa shape index (κ2) is 4.88. The fraction of sp³-hybridized carbons (Fsp3) is 0.462. The van der Waals surface area contributed by atoms with Gasteiger partial charge in [0.05, 0.1) is 0 Å². The number of hydrogen-bond donors (Lipinski definition) is 1. The van der Waals surface area contributed by atoms with Crippen molar-refractivity contribution in [1.29, 1.82) is 0 Å². The number of carbonyl (C=O) groups excluding carboxylic acids is 1. The fourth-order valence-corrected chi connectivity index (χ4v) is 2.05. The van der Waals surface area contributed by atoms with Gasteiger partial charge in [-0.2, -0.15) is 0 Å². The molecule has 16 heavy (non-hydrogen) atoms. The Kier molecular flexibility index (Phi) is 3.49. The Morgan fingerprint density at radius 1 is 1.56 bits per heavy atom. The van der Waals surface area contributed by atoms with Crippen molar-refractivity contribution in [2.24, 2.45) is 11.8 Å². The quantitative estimate of drug-likeness (QED) is 0.857. The Balaban J connectivity index is 1.74. The molecule has 1 aliphatic rings. The first-order valence-electron chi connectivity index (χ1n) is 5.69. The molecule has 0 unspecified atom stereocenters. The van der Waals surface area contributed by atoms with E-state index >= 15 is 0 Å². The summed E-state index contributed by atoms with van der Waals surface area (Å²) in [7, 11) is 0. The fourth-order valence-electron chi connectivity index (χ4n) is 1.84. The summed E-state index contributed by atoms with van der Waals surface area (Å²) in [5.41, 5.74) is 1.16. The van der Waals surface area contributed by atoms with Gasteiger partial charge >= 0.3 is 0 Å². The van der Waals surface area contributed by atoms with Gasteiger partial charge in [-0.05, 0) is 36.5 Å². The molecule has 0 spiro atoms. The number of benzene rings is 1. The molecule has 1 amide bonds. The van der Waals surface area contributed by atoms with Gasteiger partial charge in [0, 0.05) is 17.5 Å². The minimum Gasteiger partial charge on any atom is -0.356 e. The maximum Gasteiger partial charge on any atom is 0.223 e. The standard InChI is InChI=1S/C13H16ClNO/c1-9-7-12(9)13(16)15-6-5-10-3-2-4-11(14)8-10/h2-4,8-9,12H,5-7H2,1H3,(H,15,16)/t9-,12-/m0/s1. The van der Waals surface area contributed by atoms with Crippen LogP contribution < -0.4 is 5.32 Å². The van der Waals surface area contributed by atoms with E-state index in [1.807, 2.05) is 24.3 Å². The molecule has 1 aliphatic carbocycles. The van der Waals surface area contributed by atoms with Crippen LogP contribution in [0.1, 0.15) is 18.9 Å². The van der Waals surface area contributed by atoms with Gasteiger partial charge in [0.25, 0.3) is 0 Å². The number of nitrogens with one attached hydrogen (secondary N) is 1. The maximum absolute atomic E-state index is 11.5. The Morgan fingerprint density at radius 2 is 2.31 bits per heavy atom. The lowest BCUT2D eigenvalue weighted by Gasteiger charge is -2.04. The molecule has 1 saturated carbocycles. The van der Waals surface area contributed by atoms with Crippen molar-refractivity contribution in [2.75, 3.05) is 6.54 Å². The number of amides is 1. The molecule has 2 atom stereocenters. The highest BCUT2D eigenvalue weighted by atomic mass is 35.5. The van der Waals surface area contributed by atoms with E-state index in [0.717, 1.165) is 23.4 Å². The number of halogens is 1. The summed E-state index contributed by atoms with van der Waals surface area (Å²) in [6.07, 6.45) is 1.89. The van der Waals surface area contributed by atoms with Crippen molar-refractivity contribution in [2.45, 2.75) is 19.8 Å². The lowest BCUT2D eigenvalue weighted by Crippen LogP contribution is -2.27. The Labute approximate surface area is 101 Å². The van der Waals surface area contributed by atoms with Gasteiger partial charge in [-0.3, -0.25) is 4.79 Å². The van der Waals surface area contributed by atoms with E-state index in [4.69, 9.17) is 11.6 Å². The van der Waals surface area contributed by atoms with E-state index < -0.39 is 0 Å². The first-order valence-corrected chi connectivity index (χ1v) is 6.07. The molecule has 0 aliphatic heterocycles. The molecule has 0 aromatic heterocycles. The SMILES string of the molecule is C[C@H]1C[C@@H]1C(=O)NCCc1cccc(Cl)c1. The number of rotatable bonds is 4. The molecule has 0 bridgehead atoms. The molecule has 1 N–H and O–H groups in total. The summed E-state index contributed by atoms with van der Waals surface area (Å²) in [6.45, 7) is 2.81. The summed E-state index contributed by atoms with van der Waals surface area (Å²) in [5, 5.41) is 3.71. The van der Waals surface area contributed by atoms with Crippen LogP contribution in [0.4, 0.5) is 0 Å².